The molecule has 0 bridgehead atoms. The Bertz CT molecular complexity index is 349. The van der Waals surface area contributed by atoms with E-state index in [1.165, 1.54) is 18.4 Å². The molecule has 0 aliphatic rings. The Hall–Kier alpha value is -1.02. The van der Waals surface area contributed by atoms with Crippen molar-refractivity contribution in [3.63, 3.8) is 0 Å². The van der Waals surface area contributed by atoms with E-state index >= 15 is 0 Å². The predicted molar refractivity (Wildman–Crippen MR) is 82.9 cm³/mol. The molecule has 0 amide bonds. The average Bonchev–Trinajstić information content (AvgIpc) is 2.40. The molecule has 1 aromatic rings. The van der Waals surface area contributed by atoms with Crippen molar-refractivity contribution in [1.29, 1.82) is 0 Å². The first-order valence-electron chi connectivity index (χ1n) is 7.63. The molecule has 0 aromatic heterocycles. The number of aryl methyl sites for hydroxylation is 1. The maximum absolute atomic E-state index is 5.69. The minimum Gasteiger partial charge on any atom is -0.494 e. The lowest BCUT2D eigenvalue weighted by atomic mass is 9.96. The van der Waals surface area contributed by atoms with Gasteiger partial charge in [0.05, 0.1) is 6.61 Å². The molecule has 1 aromatic carbocycles. The summed E-state index contributed by atoms with van der Waals surface area (Å²) in [7, 11) is 0. The molecule has 19 heavy (non-hydrogen) atoms. The van der Waals surface area contributed by atoms with Gasteiger partial charge in [-0.25, -0.2) is 0 Å². The second kappa shape index (κ2) is 8.98. The quantitative estimate of drug-likeness (QED) is 0.726. The van der Waals surface area contributed by atoms with E-state index in [0.717, 1.165) is 25.3 Å². The fourth-order valence-corrected chi connectivity index (χ4v) is 2.32. The van der Waals surface area contributed by atoms with Gasteiger partial charge in [0.2, 0.25) is 0 Å². The van der Waals surface area contributed by atoms with Crippen molar-refractivity contribution in [1.82, 2.24) is 5.32 Å². The SMILES string of the molecule is CCCNC(CCc1ccccc1OCC)C(C)C. The summed E-state index contributed by atoms with van der Waals surface area (Å²) < 4.78 is 5.69. The zero-order valence-corrected chi connectivity index (χ0v) is 12.9. The normalized spacial score (nSPS) is 12.7. The highest BCUT2D eigenvalue weighted by atomic mass is 16.5. The maximum atomic E-state index is 5.69. The number of hydrogen-bond acceptors (Lipinski definition) is 2. The molecule has 1 N–H and O–H groups in total. The minimum absolute atomic E-state index is 0.592. The first-order valence-corrected chi connectivity index (χ1v) is 7.63. The summed E-state index contributed by atoms with van der Waals surface area (Å²) in [6.45, 7) is 10.7. The van der Waals surface area contributed by atoms with Crippen LogP contribution in [0.15, 0.2) is 24.3 Å². The molecule has 0 spiro atoms. The van der Waals surface area contributed by atoms with E-state index in [2.05, 4.69) is 44.3 Å². The molecule has 1 unspecified atom stereocenters. The molecule has 0 radical (unpaired) electrons. The number of ether oxygens (including phenoxy) is 1. The van der Waals surface area contributed by atoms with E-state index in [0.29, 0.717) is 12.0 Å². The number of para-hydroxylation sites is 1. The molecule has 1 rings (SSSR count). The summed E-state index contributed by atoms with van der Waals surface area (Å²) >= 11 is 0. The molecule has 1 atom stereocenters. The Labute approximate surface area is 118 Å². The van der Waals surface area contributed by atoms with E-state index < -0.39 is 0 Å². The van der Waals surface area contributed by atoms with Crippen molar-refractivity contribution in [3.05, 3.63) is 29.8 Å². The lowest BCUT2D eigenvalue weighted by molar-refractivity contribution is 0.332. The molecule has 0 aliphatic carbocycles. The van der Waals surface area contributed by atoms with Crippen LogP contribution in [0.3, 0.4) is 0 Å². The Morgan fingerprint density at radius 3 is 2.53 bits per heavy atom. The molecule has 2 nitrogen and oxygen atoms in total. The van der Waals surface area contributed by atoms with Crippen LogP contribution in [0.5, 0.6) is 5.75 Å². The second-order valence-corrected chi connectivity index (χ2v) is 5.38. The van der Waals surface area contributed by atoms with E-state index in [4.69, 9.17) is 4.74 Å². The van der Waals surface area contributed by atoms with Crippen molar-refractivity contribution < 1.29 is 4.74 Å². The van der Waals surface area contributed by atoms with Gasteiger partial charge in [0.25, 0.3) is 0 Å². The molecule has 2 heteroatoms. The predicted octanol–water partition coefficient (Wildman–Crippen LogP) is 4.04. The second-order valence-electron chi connectivity index (χ2n) is 5.38. The third-order valence-corrected chi connectivity index (χ3v) is 3.46. The molecular weight excluding hydrogens is 234 g/mol. The molecule has 0 saturated carbocycles. The monoisotopic (exact) mass is 263 g/mol. The van der Waals surface area contributed by atoms with E-state index in [9.17, 15) is 0 Å². The fourth-order valence-electron chi connectivity index (χ4n) is 2.32. The standard InChI is InChI=1S/C17H29NO/c1-5-13-18-16(14(3)4)12-11-15-9-7-8-10-17(15)19-6-2/h7-10,14,16,18H,5-6,11-13H2,1-4H3. The fraction of sp³-hybridized carbons (Fsp3) is 0.647. The Morgan fingerprint density at radius 2 is 1.89 bits per heavy atom. The van der Waals surface area contributed by atoms with Gasteiger partial charge in [-0.3, -0.25) is 0 Å². The van der Waals surface area contributed by atoms with Crippen LogP contribution in [0, 0.1) is 5.92 Å². The van der Waals surface area contributed by atoms with Gasteiger partial charge in [-0.1, -0.05) is 39.0 Å². The van der Waals surface area contributed by atoms with Crippen LogP contribution in [0.4, 0.5) is 0 Å². The van der Waals surface area contributed by atoms with Crippen molar-refractivity contribution in [2.45, 2.75) is 53.0 Å². The smallest absolute Gasteiger partial charge is 0.122 e. The number of nitrogens with one attached hydrogen (secondary N) is 1. The zero-order valence-electron chi connectivity index (χ0n) is 12.9. The van der Waals surface area contributed by atoms with Gasteiger partial charge >= 0.3 is 0 Å². The Kier molecular flexibility index (Phi) is 7.57. The van der Waals surface area contributed by atoms with Crippen molar-refractivity contribution in [2.75, 3.05) is 13.2 Å². The molecule has 0 fully saturated rings. The molecule has 0 saturated heterocycles. The van der Waals surface area contributed by atoms with E-state index in [-0.39, 0.29) is 0 Å². The third kappa shape index (κ3) is 5.65. The molecular formula is C17H29NO. The topological polar surface area (TPSA) is 21.3 Å². The maximum Gasteiger partial charge on any atom is 0.122 e. The summed E-state index contributed by atoms with van der Waals surface area (Å²) in [6, 6.07) is 8.99. The van der Waals surface area contributed by atoms with Gasteiger partial charge in [-0.2, -0.15) is 0 Å². The lowest BCUT2D eigenvalue weighted by Gasteiger charge is -2.22. The number of hydrogen-bond donors (Lipinski definition) is 1. The Balaban J connectivity index is 2.58. The first-order chi connectivity index (χ1) is 9.19. The van der Waals surface area contributed by atoms with Crippen LogP contribution >= 0.6 is 0 Å². The number of rotatable bonds is 9. The summed E-state index contributed by atoms with van der Waals surface area (Å²) in [5.74, 6) is 1.72. The van der Waals surface area contributed by atoms with Crippen LogP contribution < -0.4 is 10.1 Å². The van der Waals surface area contributed by atoms with Gasteiger partial charge in [-0.05, 0) is 50.3 Å². The van der Waals surface area contributed by atoms with E-state index in [1.54, 1.807) is 0 Å². The zero-order chi connectivity index (χ0) is 14.1. The minimum atomic E-state index is 0.592. The highest BCUT2D eigenvalue weighted by Crippen LogP contribution is 2.21. The first kappa shape index (κ1) is 16.0. The summed E-state index contributed by atoms with van der Waals surface area (Å²) in [6.07, 6.45) is 3.44. The van der Waals surface area contributed by atoms with Crippen LogP contribution in [0.1, 0.15) is 46.1 Å². The average molecular weight is 263 g/mol. The van der Waals surface area contributed by atoms with Crippen LogP contribution in [0.25, 0.3) is 0 Å². The summed E-state index contributed by atoms with van der Waals surface area (Å²) in [5, 5.41) is 3.65. The van der Waals surface area contributed by atoms with Crippen molar-refractivity contribution >= 4 is 0 Å². The van der Waals surface area contributed by atoms with Crippen LogP contribution in [-0.2, 0) is 6.42 Å². The van der Waals surface area contributed by atoms with Crippen LogP contribution in [-0.4, -0.2) is 19.2 Å². The van der Waals surface area contributed by atoms with Gasteiger partial charge in [0, 0.05) is 6.04 Å². The molecule has 108 valence electrons. The summed E-state index contributed by atoms with van der Waals surface area (Å²) in [4.78, 5) is 0. The largest absolute Gasteiger partial charge is 0.494 e. The van der Waals surface area contributed by atoms with E-state index in [1.807, 2.05) is 13.0 Å². The van der Waals surface area contributed by atoms with Gasteiger partial charge in [0.1, 0.15) is 5.75 Å². The highest BCUT2D eigenvalue weighted by molar-refractivity contribution is 5.33. The van der Waals surface area contributed by atoms with Gasteiger partial charge in [-0.15, -0.1) is 0 Å². The third-order valence-electron chi connectivity index (χ3n) is 3.46. The number of benzene rings is 1. The molecule has 0 aliphatic heterocycles. The molecule has 0 heterocycles. The van der Waals surface area contributed by atoms with Crippen molar-refractivity contribution in [2.24, 2.45) is 5.92 Å². The van der Waals surface area contributed by atoms with Gasteiger partial charge < -0.3 is 10.1 Å². The Morgan fingerprint density at radius 1 is 1.16 bits per heavy atom. The van der Waals surface area contributed by atoms with Crippen molar-refractivity contribution in [3.8, 4) is 5.75 Å². The lowest BCUT2D eigenvalue weighted by Crippen LogP contribution is -2.34. The van der Waals surface area contributed by atoms with Gasteiger partial charge in [0.15, 0.2) is 0 Å². The van der Waals surface area contributed by atoms with Crippen LogP contribution in [0.2, 0.25) is 0 Å². The highest BCUT2D eigenvalue weighted by Gasteiger charge is 2.13. The summed E-state index contributed by atoms with van der Waals surface area (Å²) in [5.41, 5.74) is 1.33.